The number of hydrogen-bond acceptors (Lipinski definition) is 4. The van der Waals surface area contributed by atoms with E-state index >= 15 is 0 Å². The van der Waals surface area contributed by atoms with Crippen LogP contribution in [0.2, 0.25) is 0 Å². The van der Waals surface area contributed by atoms with Crippen LogP contribution >= 0.6 is 0 Å². The molecule has 1 aromatic carbocycles. The Balaban J connectivity index is 2.58. The van der Waals surface area contributed by atoms with Crippen LogP contribution in [0.15, 0.2) is 12.1 Å². The lowest BCUT2D eigenvalue weighted by atomic mass is 10.0. The number of unbranched alkanes of at least 4 members (excludes halogenated alkanes) is 1. The quantitative estimate of drug-likeness (QED) is 0.485. The van der Waals surface area contributed by atoms with E-state index in [-0.39, 0.29) is 17.4 Å². The molecular formula is C20H31NO4. The van der Waals surface area contributed by atoms with Crippen LogP contribution in [0.25, 0.3) is 0 Å². The van der Waals surface area contributed by atoms with Gasteiger partial charge in [-0.15, -0.1) is 0 Å². The number of aromatic hydroxyl groups is 1. The van der Waals surface area contributed by atoms with Gasteiger partial charge in [0.05, 0.1) is 12.2 Å². The van der Waals surface area contributed by atoms with Gasteiger partial charge in [0.2, 0.25) is 5.91 Å². The smallest absolute Gasteiger partial charge is 0.222 e. The van der Waals surface area contributed by atoms with Gasteiger partial charge in [-0.2, -0.15) is 0 Å². The number of carbonyl (C=O) groups is 2. The van der Waals surface area contributed by atoms with Gasteiger partial charge in [-0.3, -0.25) is 9.59 Å². The standard InChI is InChI=1S/C20H31NO4/c1-5-10-17-18(13-12-16(15(4)22)20(17)24)25-14-9-8-11-19(23)21(6-2)7-3/h12-13,24H,5-11,14H2,1-4H3. The van der Waals surface area contributed by atoms with Crippen LogP contribution in [0.1, 0.15) is 69.3 Å². The van der Waals surface area contributed by atoms with Crippen molar-refractivity contribution < 1.29 is 19.4 Å². The van der Waals surface area contributed by atoms with Gasteiger partial charge < -0.3 is 14.7 Å². The third kappa shape index (κ3) is 6.07. The number of amides is 1. The van der Waals surface area contributed by atoms with E-state index in [4.69, 9.17) is 4.74 Å². The molecule has 0 aliphatic rings. The van der Waals surface area contributed by atoms with Gasteiger partial charge in [-0.1, -0.05) is 13.3 Å². The summed E-state index contributed by atoms with van der Waals surface area (Å²) in [4.78, 5) is 25.3. The van der Waals surface area contributed by atoms with Crippen molar-refractivity contribution in [2.75, 3.05) is 19.7 Å². The third-order valence-electron chi connectivity index (χ3n) is 4.28. The van der Waals surface area contributed by atoms with E-state index in [1.165, 1.54) is 6.92 Å². The molecule has 25 heavy (non-hydrogen) atoms. The summed E-state index contributed by atoms with van der Waals surface area (Å²) < 4.78 is 5.80. The van der Waals surface area contributed by atoms with E-state index in [0.717, 1.165) is 32.4 Å². The highest BCUT2D eigenvalue weighted by atomic mass is 16.5. The highest BCUT2D eigenvalue weighted by Gasteiger charge is 2.16. The predicted octanol–water partition coefficient (Wildman–Crippen LogP) is 3.96. The van der Waals surface area contributed by atoms with Crippen LogP contribution < -0.4 is 4.74 Å². The Morgan fingerprint density at radius 2 is 1.80 bits per heavy atom. The number of carbonyl (C=O) groups excluding carboxylic acids is 2. The minimum absolute atomic E-state index is 0.0311. The van der Waals surface area contributed by atoms with Crippen molar-refractivity contribution in [3.63, 3.8) is 0 Å². The molecule has 1 aromatic rings. The summed E-state index contributed by atoms with van der Waals surface area (Å²) >= 11 is 0. The average molecular weight is 349 g/mol. The molecule has 0 fully saturated rings. The molecule has 0 radical (unpaired) electrons. The Kier molecular flexibility index (Phi) is 9.03. The number of ether oxygens (including phenoxy) is 1. The number of phenols is 1. The predicted molar refractivity (Wildman–Crippen MR) is 99.4 cm³/mol. The van der Waals surface area contributed by atoms with Crippen LogP contribution in [0, 0.1) is 0 Å². The number of benzene rings is 1. The number of phenolic OH excluding ortho intramolecular Hbond substituents is 1. The Labute approximate surface area is 151 Å². The Morgan fingerprint density at radius 3 is 2.36 bits per heavy atom. The molecule has 5 heteroatoms. The maximum atomic E-state index is 11.9. The average Bonchev–Trinajstić information content (AvgIpc) is 2.58. The normalized spacial score (nSPS) is 10.6. The molecule has 1 amide bonds. The summed E-state index contributed by atoms with van der Waals surface area (Å²) in [7, 11) is 0. The molecule has 0 saturated heterocycles. The van der Waals surface area contributed by atoms with Crippen molar-refractivity contribution in [2.45, 2.75) is 59.8 Å². The number of ketones is 1. The van der Waals surface area contributed by atoms with Crippen LogP contribution in [0.3, 0.4) is 0 Å². The summed E-state index contributed by atoms with van der Waals surface area (Å²) in [6.07, 6.45) is 3.58. The molecule has 0 spiro atoms. The van der Waals surface area contributed by atoms with E-state index in [0.29, 0.717) is 36.3 Å². The number of rotatable bonds is 11. The first-order valence-corrected chi connectivity index (χ1v) is 9.22. The molecule has 0 heterocycles. The largest absolute Gasteiger partial charge is 0.507 e. The molecule has 0 unspecified atom stereocenters. The first-order chi connectivity index (χ1) is 12.0. The number of Topliss-reactive ketones (excluding diaryl/α,β-unsaturated/α-hetero) is 1. The molecule has 0 atom stereocenters. The highest BCUT2D eigenvalue weighted by molar-refractivity contribution is 5.97. The second-order valence-electron chi connectivity index (χ2n) is 6.12. The SMILES string of the molecule is CCCc1c(OCCCCC(=O)N(CC)CC)ccc(C(C)=O)c1O. The molecule has 1 N–H and O–H groups in total. The minimum Gasteiger partial charge on any atom is -0.507 e. The van der Waals surface area contributed by atoms with Gasteiger partial charge in [0.1, 0.15) is 11.5 Å². The molecule has 140 valence electrons. The first-order valence-electron chi connectivity index (χ1n) is 9.22. The van der Waals surface area contributed by atoms with Crippen LogP contribution in [0.4, 0.5) is 0 Å². The highest BCUT2D eigenvalue weighted by Crippen LogP contribution is 2.33. The van der Waals surface area contributed by atoms with Gasteiger partial charge in [0, 0.05) is 25.1 Å². The second-order valence-corrected chi connectivity index (χ2v) is 6.12. The molecule has 0 aromatic heterocycles. The number of nitrogens with zero attached hydrogens (tertiary/aromatic N) is 1. The van der Waals surface area contributed by atoms with E-state index in [1.807, 2.05) is 25.7 Å². The van der Waals surface area contributed by atoms with Gasteiger partial charge >= 0.3 is 0 Å². The third-order valence-corrected chi connectivity index (χ3v) is 4.28. The Hall–Kier alpha value is -2.04. The van der Waals surface area contributed by atoms with Crippen LogP contribution in [-0.4, -0.2) is 41.4 Å². The van der Waals surface area contributed by atoms with Crippen molar-refractivity contribution in [3.8, 4) is 11.5 Å². The molecule has 0 bridgehead atoms. The second kappa shape index (κ2) is 10.7. The molecule has 0 aliphatic carbocycles. The summed E-state index contributed by atoms with van der Waals surface area (Å²) in [5, 5.41) is 10.3. The molecule has 0 saturated carbocycles. The summed E-state index contributed by atoms with van der Waals surface area (Å²) in [6.45, 7) is 9.40. The lowest BCUT2D eigenvalue weighted by Crippen LogP contribution is -2.30. The van der Waals surface area contributed by atoms with Gasteiger partial charge in [0.15, 0.2) is 5.78 Å². The Morgan fingerprint density at radius 1 is 1.12 bits per heavy atom. The van der Waals surface area contributed by atoms with Crippen molar-refractivity contribution in [3.05, 3.63) is 23.3 Å². The minimum atomic E-state index is -0.156. The maximum absolute atomic E-state index is 11.9. The topological polar surface area (TPSA) is 66.8 Å². The zero-order valence-electron chi connectivity index (χ0n) is 15.9. The zero-order valence-corrected chi connectivity index (χ0v) is 15.9. The molecule has 5 nitrogen and oxygen atoms in total. The van der Waals surface area contributed by atoms with Crippen LogP contribution in [0.5, 0.6) is 11.5 Å². The van der Waals surface area contributed by atoms with Crippen molar-refractivity contribution in [1.29, 1.82) is 0 Å². The van der Waals surface area contributed by atoms with Crippen molar-refractivity contribution in [2.24, 2.45) is 0 Å². The van der Waals surface area contributed by atoms with E-state index in [2.05, 4.69) is 0 Å². The van der Waals surface area contributed by atoms with E-state index in [1.54, 1.807) is 12.1 Å². The van der Waals surface area contributed by atoms with Crippen molar-refractivity contribution >= 4 is 11.7 Å². The molecule has 0 aliphatic heterocycles. The Bertz CT molecular complexity index is 579. The van der Waals surface area contributed by atoms with Gasteiger partial charge in [-0.25, -0.2) is 0 Å². The monoisotopic (exact) mass is 349 g/mol. The summed E-state index contributed by atoms with van der Waals surface area (Å²) in [5.74, 6) is 0.680. The lowest BCUT2D eigenvalue weighted by molar-refractivity contribution is -0.130. The summed E-state index contributed by atoms with van der Waals surface area (Å²) in [5.41, 5.74) is 1.02. The molecule has 1 rings (SSSR count). The van der Waals surface area contributed by atoms with E-state index < -0.39 is 0 Å². The fourth-order valence-corrected chi connectivity index (χ4v) is 2.82. The van der Waals surface area contributed by atoms with E-state index in [9.17, 15) is 14.7 Å². The molecular weight excluding hydrogens is 318 g/mol. The lowest BCUT2D eigenvalue weighted by Gasteiger charge is -2.18. The number of hydrogen-bond donors (Lipinski definition) is 1. The van der Waals surface area contributed by atoms with Crippen LogP contribution in [-0.2, 0) is 11.2 Å². The van der Waals surface area contributed by atoms with Gasteiger partial charge in [0.25, 0.3) is 0 Å². The van der Waals surface area contributed by atoms with Gasteiger partial charge in [-0.05, 0) is 52.2 Å². The zero-order chi connectivity index (χ0) is 18.8. The fraction of sp³-hybridized carbons (Fsp3) is 0.600. The maximum Gasteiger partial charge on any atom is 0.222 e. The summed E-state index contributed by atoms with van der Waals surface area (Å²) in [6, 6.07) is 3.36. The fourth-order valence-electron chi connectivity index (χ4n) is 2.82. The van der Waals surface area contributed by atoms with Crippen molar-refractivity contribution in [1.82, 2.24) is 4.90 Å². The first kappa shape index (κ1) is 21.0.